The molecule has 0 spiro atoms. The molecular weight excluding hydrogens is 320 g/mol. The normalized spacial score (nSPS) is 10.0. The number of rotatable bonds is 3. The maximum absolute atomic E-state index is 9.76. The van der Waals surface area contributed by atoms with E-state index in [2.05, 4.69) is 19.1 Å². The zero-order chi connectivity index (χ0) is 18.7. The molecule has 0 fully saturated rings. The zero-order valence-corrected chi connectivity index (χ0v) is 14.3. The molecule has 0 saturated heterocycles. The zero-order valence-electron chi connectivity index (χ0n) is 14.3. The van der Waals surface area contributed by atoms with Crippen molar-refractivity contribution < 1.29 is 0 Å². The average Bonchev–Trinajstić information content (AvgIpc) is 2.69. The van der Waals surface area contributed by atoms with Crippen LogP contribution in [0.1, 0.15) is 47.6 Å². The Kier molecular flexibility index (Phi) is 4.53. The van der Waals surface area contributed by atoms with Crippen molar-refractivity contribution in [2.45, 2.75) is 26.2 Å². The number of unbranched alkanes of at least 4 members (excludes halogenated alkanes) is 1. The van der Waals surface area contributed by atoms with Crippen LogP contribution in [0.5, 0.6) is 0 Å². The summed E-state index contributed by atoms with van der Waals surface area (Å²) in [6.45, 7) is 2.09. The summed E-state index contributed by atoms with van der Waals surface area (Å²) < 4.78 is 0. The van der Waals surface area contributed by atoms with E-state index in [9.17, 15) is 21.0 Å². The summed E-state index contributed by atoms with van der Waals surface area (Å²) >= 11 is 0. The first-order valence-corrected chi connectivity index (χ1v) is 8.36. The number of nitriles is 4. The van der Waals surface area contributed by atoms with E-state index in [4.69, 9.17) is 0 Å². The molecule has 0 aliphatic carbocycles. The van der Waals surface area contributed by atoms with Crippen LogP contribution in [-0.4, -0.2) is 0 Å². The maximum Gasteiger partial charge on any atom is 0.102 e. The second-order valence-corrected chi connectivity index (χ2v) is 6.05. The SMILES string of the molecule is CCCCc1c2ccccc2cc2c(C#N)c(C#N)c(C#N)c(C#N)c12. The van der Waals surface area contributed by atoms with Gasteiger partial charge in [0.05, 0.1) is 22.3 Å². The van der Waals surface area contributed by atoms with Crippen LogP contribution >= 0.6 is 0 Å². The van der Waals surface area contributed by atoms with Gasteiger partial charge in [-0.15, -0.1) is 0 Å². The Balaban J connectivity index is 2.68. The monoisotopic (exact) mass is 334 g/mol. The second kappa shape index (κ2) is 6.94. The fourth-order valence-corrected chi connectivity index (χ4v) is 3.48. The maximum atomic E-state index is 9.76. The van der Waals surface area contributed by atoms with Crippen LogP contribution in [0, 0.1) is 45.3 Å². The van der Waals surface area contributed by atoms with Gasteiger partial charge >= 0.3 is 0 Å². The van der Waals surface area contributed by atoms with Crippen molar-refractivity contribution in [3.05, 3.63) is 58.1 Å². The van der Waals surface area contributed by atoms with Crippen molar-refractivity contribution in [1.29, 1.82) is 21.0 Å². The molecule has 0 saturated carbocycles. The van der Waals surface area contributed by atoms with Crippen LogP contribution < -0.4 is 0 Å². The Morgan fingerprint density at radius 3 is 2.00 bits per heavy atom. The van der Waals surface area contributed by atoms with Gasteiger partial charge in [-0.3, -0.25) is 0 Å². The molecule has 0 unspecified atom stereocenters. The third kappa shape index (κ3) is 2.43. The van der Waals surface area contributed by atoms with Crippen LogP contribution in [-0.2, 0) is 6.42 Å². The lowest BCUT2D eigenvalue weighted by Crippen LogP contribution is -2.01. The molecule has 0 aliphatic heterocycles. The fraction of sp³-hybridized carbons (Fsp3) is 0.182. The highest BCUT2D eigenvalue weighted by molar-refractivity contribution is 6.08. The van der Waals surface area contributed by atoms with E-state index in [1.54, 1.807) is 0 Å². The van der Waals surface area contributed by atoms with Crippen molar-refractivity contribution >= 4 is 21.5 Å². The van der Waals surface area contributed by atoms with Gasteiger partial charge in [-0.2, -0.15) is 21.0 Å². The van der Waals surface area contributed by atoms with E-state index in [1.165, 1.54) is 0 Å². The third-order valence-electron chi connectivity index (χ3n) is 4.65. The van der Waals surface area contributed by atoms with Crippen LogP contribution in [0.4, 0.5) is 0 Å². The molecule has 0 aliphatic rings. The Morgan fingerprint density at radius 2 is 1.38 bits per heavy atom. The molecule has 0 atom stereocenters. The van der Waals surface area contributed by atoms with Gasteiger partial charge in [0.1, 0.15) is 24.3 Å². The van der Waals surface area contributed by atoms with Gasteiger partial charge in [-0.25, -0.2) is 0 Å². The number of hydrogen-bond acceptors (Lipinski definition) is 4. The summed E-state index contributed by atoms with van der Waals surface area (Å²) in [6.07, 6.45) is 2.65. The largest absolute Gasteiger partial charge is 0.192 e. The van der Waals surface area contributed by atoms with E-state index in [1.807, 2.05) is 42.5 Å². The van der Waals surface area contributed by atoms with Crippen LogP contribution in [0.25, 0.3) is 21.5 Å². The molecule has 3 rings (SSSR count). The number of nitrogens with zero attached hydrogens (tertiary/aromatic N) is 4. The van der Waals surface area contributed by atoms with E-state index in [-0.39, 0.29) is 22.3 Å². The third-order valence-corrected chi connectivity index (χ3v) is 4.65. The van der Waals surface area contributed by atoms with E-state index >= 15 is 0 Å². The Hall–Kier alpha value is -3.86. The predicted octanol–water partition coefficient (Wildman–Crippen LogP) is 4.82. The summed E-state index contributed by atoms with van der Waals surface area (Å²) in [7, 11) is 0. The van der Waals surface area contributed by atoms with Gasteiger partial charge in [0.15, 0.2) is 0 Å². The summed E-state index contributed by atoms with van der Waals surface area (Å²) in [6, 6.07) is 17.8. The van der Waals surface area contributed by atoms with E-state index in [0.717, 1.165) is 35.6 Å². The molecule has 0 radical (unpaired) electrons. The quantitative estimate of drug-likeness (QED) is 0.641. The standard InChI is InChI=1S/C22H14N4/c1-2-3-7-16-15-8-5-4-6-14(15)9-17-18(10-23)19(11-24)20(12-25)21(13-26)22(16)17/h4-6,8-9H,2-3,7H2,1H3. The molecule has 0 amide bonds. The minimum absolute atomic E-state index is 0.00733. The molecular formula is C22H14N4. The van der Waals surface area contributed by atoms with Gasteiger partial charge in [0, 0.05) is 10.8 Å². The molecule has 4 nitrogen and oxygen atoms in total. The second-order valence-electron chi connectivity index (χ2n) is 6.05. The van der Waals surface area contributed by atoms with Crippen molar-refractivity contribution in [3.8, 4) is 24.3 Å². The van der Waals surface area contributed by atoms with Crippen molar-refractivity contribution in [1.82, 2.24) is 0 Å². The van der Waals surface area contributed by atoms with Crippen molar-refractivity contribution in [2.75, 3.05) is 0 Å². The molecule has 0 aromatic heterocycles. The molecule has 3 aromatic carbocycles. The minimum Gasteiger partial charge on any atom is -0.192 e. The summed E-state index contributed by atoms with van der Waals surface area (Å²) in [5, 5.41) is 41.7. The van der Waals surface area contributed by atoms with Gasteiger partial charge in [0.2, 0.25) is 0 Å². The molecule has 26 heavy (non-hydrogen) atoms. The number of fused-ring (bicyclic) bond motifs is 2. The van der Waals surface area contributed by atoms with Gasteiger partial charge in [-0.05, 0) is 35.2 Å². The minimum atomic E-state index is -0.0178. The molecule has 0 N–H and O–H groups in total. The lowest BCUT2D eigenvalue weighted by atomic mass is 9.85. The van der Waals surface area contributed by atoms with E-state index < -0.39 is 0 Å². The molecule has 3 aromatic rings. The topological polar surface area (TPSA) is 95.2 Å². The number of hydrogen-bond donors (Lipinski definition) is 0. The lowest BCUT2D eigenvalue weighted by Gasteiger charge is -2.15. The summed E-state index contributed by atoms with van der Waals surface area (Å²) in [5.74, 6) is 0. The van der Waals surface area contributed by atoms with Gasteiger partial charge < -0.3 is 0 Å². The Bertz CT molecular complexity index is 1210. The lowest BCUT2D eigenvalue weighted by molar-refractivity contribution is 0.802. The molecule has 0 heterocycles. The van der Waals surface area contributed by atoms with Crippen molar-refractivity contribution in [2.24, 2.45) is 0 Å². The Labute approximate surface area is 151 Å². The van der Waals surface area contributed by atoms with E-state index in [0.29, 0.717) is 10.8 Å². The number of aryl methyl sites for hydroxylation is 1. The molecule has 0 bridgehead atoms. The highest BCUT2D eigenvalue weighted by atomic mass is 14.3. The van der Waals surface area contributed by atoms with Crippen LogP contribution in [0.2, 0.25) is 0 Å². The fourth-order valence-electron chi connectivity index (χ4n) is 3.48. The highest BCUT2D eigenvalue weighted by Crippen LogP contribution is 2.37. The summed E-state index contributed by atoms with van der Waals surface area (Å²) in [5.41, 5.74) is 1.30. The van der Waals surface area contributed by atoms with Crippen LogP contribution in [0.3, 0.4) is 0 Å². The first-order valence-electron chi connectivity index (χ1n) is 8.36. The molecule has 4 heteroatoms. The summed E-state index contributed by atoms with van der Waals surface area (Å²) in [4.78, 5) is 0. The Morgan fingerprint density at radius 1 is 0.769 bits per heavy atom. The molecule has 122 valence electrons. The first-order chi connectivity index (χ1) is 12.7. The smallest absolute Gasteiger partial charge is 0.102 e. The number of benzene rings is 3. The predicted molar refractivity (Wildman–Crippen MR) is 98.9 cm³/mol. The highest BCUT2D eigenvalue weighted by Gasteiger charge is 2.22. The average molecular weight is 334 g/mol. The first kappa shape index (κ1) is 17.0. The van der Waals surface area contributed by atoms with Crippen molar-refractivity contribution in [3.63, 3.8) is 0 Å². The van der Waals surface area contributed by atoms with Gasteiger partial charge in [-0.1, -0.05) is 37.6 Å². The van der Waals surface area contributed by atoms with Gasteiger partial charge in [0.25, 0.3) is 0 Å². The van der Waals surface area contributed by atoms with Crippen LogP contribution in [0.15, 0.2) is 30.3 Å².